The number of nitrogens with two attached hydrogens (primary N) is 1. The van der Waals surface area contributed by atoms with E-state index in [1.165, 1.54) is 37.0 Å². The summed E-state index contributed by atoms with van der Waals surface area (Å²) in [5.41, 5.74) is 7.58. The van der Waals surface area contributed by atoms with Gasteiger partial charge in [0.05, 0.1) is 12.7 Å². The Hall–Kier alpha value is -3.09. The smallest absolute Gasteiger partial charge is 0.322 e. The van der Waals surface area contributed by atoms with Crippen LogP contribution in [-0.4, -0.2) is 30.0 Å². The molecule has 164 valence electrons. The zero-order valence-electron chi connectivity index (χ0n) is 17.7. The summed E-state index contributed by atoms with van der Waals surface area (Å²) in [6.07, 6.45) is 6.64. The molecule has 0 unspecified atom stereocenters. The van der Waals surface area contributed by atoms with Crippen LogP contribution >= 0.6 is 0 Å². The second-order valence-corrected chi connectivity index (χ2v) is 8.42. The number of benzene rings is 2. The van der Waals surface area contributed by atoms with Crippen LogP contribution in [0.3, 0.4) is 0 Å². The molecule has 3 amide bonds. The first-order valence-corrected chi connectivity index (χ1v) is 10.8. The van der Waals surface area contributed by atoms with Crippen LogP contribution in [0.2, 0.25) is 0 Å². The lowest BCUT2D eigenvalue weighted by atomic mass is 9.78. The van der Waals surface area contributed by atoms with Gasteiger partial charge < -0.3 is 20.7 Å². The zero-order chi connectivity index (χ0) is 22.0. The summed E-state index contributed by atoms with van der Waals surface area (Å²) in [4.78, 5) is 26.4. The van der Waals surface area contributed by atoms with E-state index in [1.54, 1.807) is 7.11 Å². The minimum absolute atomic E-state index is 0.0935. The predicted molar refractivity (Wildman–Crippen MR) is 117 cm³/mol. The summed E-state index contributed by atoms with van der Waals surface area (Å²) < 4.78 is 19.5. The number of hydrogen-bond acceptors (Lipinski definition) is 3. The molecule has 31 heavy (non-hydrogen) atoms. The third-order valence-corrected chi connectivity index (χ3v) is 6.52. The maximum Gasteiger partial charge on any atom is 0.322 e. The van der Waals surface area contributed by atoms with Crippen molar-refractivity contribution in [1.82, 2.24) is 4.90 Å². The summed E-state index contributed by atoms with van der Waals surface area (Å²) >= 11 is 0. The Morgan fingerprint density at radius 1 is 1.10 bits per heavy atom. The largest absolute Gasteiger partial charge is 0.497 e. The fraction of sp³-hybridized carbons (Fsp3) is 0.417. The molecular formula is C24H28FN3O3. The molecule has 2 aliphatic rings. The fourth-order valence-electron chi connectivity index (χ4n) is 4.86. The fourth-order valence-corrected chi connectivity index (χ4v) is 4.86. The van der Waals surface area contributed by atoms with Crippen LogP contribution in [-0.2, 0) is 13.0 Å². The van der Waals surface area contributed by atoms with Crippen LogP contribution in [0.25, 0.3) is 0 Å². The Morgan fingerprint density at radius 3 is 2.55 bits per heavy atom. The highest BCUT2D eigenvalue weighted by molar-refractivity contribution is 5.94. The van der Waals surface area contributed by atoms with Crippen LogP contribution in [0.5, 0.6) is 5.75 Å². The average Bonchev–Trinajstić information content (AvgIpc) is 2.78. The standard InChI is InChI=1S/C24H28FN3O3/c1-31-19-9-7-16-12-22(15-5-3-2-4-6-15)28(14-17(16)11-19)24(30)27-18-8-10-20(23(26)29)21(25)13-18/h7-11,13,15,22H,2-6,12,14H2,1H3,(H2,26,29)(H,27,30)/t22-/m0/s1. The van der Waals surface area contributed by atoms with Gasteiger partial charge in [-0.15, -0.1) is 0 Å². The van der Waals surface area contributed by atoms with Gasteiger partial charge in [0.25, 0.3) is 5.91 Å². The van der Waals surface area contributed by atoms with E-state index in [9.17, 15) is 14.0 Å². The molecule has 0 spiro atoms. The number of nitrogens with one attached hydrogen (secondary N) is 1. The van der Waals surface area contributed by atoms with Crippen LogP contribution in [0.15, 0.2) is 36.4 Å². The molecule has 0 bridgehead atoms. The van der Waals surface area contributed by atoms with Gasteiger partial charge >= 0.3 is 6.03 Å². The number of carbonyl (C=O) groups excluding carboxylic acids is 2. The number of methoxy groups -OCH3 is 1. The summed E-state index contributed by atoms with van der Waals surface area (Å²) in [6, 6.07) is 9.79. The Balaban J connectivity index is 1.59. The molecule has 2 aromatic rings. The van der Waals surface area contributed by atoms with E-state index >= 15 is 0 Å². The SMILES string of the molecule is COc1ccc2c(c1)CN(C(=O)Nc1ccc(C(N)=O)c(F)c1)[C@H](C1CCCCC1)C2. The molecule has 1 aliphatic carbocycles. The van der Waals surface area contributed by atoms with E-state index in [1.807, 2.05) is 17.0 Å². The van der Waals surface area contributed by atoms with Crippen LogP contribution in [0.4, 0.5) is 14.9 Å². The minimum atomic E-state index is -0.839. The van der Waals surface area contributed by atoms with E-state index in [0.29, 0.717) is 18.2 Å². The summed E-state index contributed by atoms with van der Waals surface area (Å²) in [6.45, 7) is 0.474. The van der Waals surface area contributed by atoms with Crippen molar-refractivity contribution in [3.63, 3.8) is 0 Å². The van der Waals surface area contributed by atoms with Crippen LogP contribution < -0.4 is 15.8 Å². The van der Waals surface area contributed by atoms with Crippen molar-refractivity contribution >= 4 is 17.6 Å². The van der Waals surface area contributed by atoms with Crippen molar-refractivity contribution in [1.29, 1.82) is 0 Å². The molecule has 3 N–H and O–H groups in total. The summed E-state index contributed by atoms with van der Waals surface area (Å²) in [5.74, 6) is -0.375. The van der Waals surface area contributed by atoms with Crippen molar-refractivity contribution in [2.75, 3.05) is 12.4 Å². The van der Waals surface area contributed by atoms with Crippen molar-refractivity contribution in [3.05, 3.63) is 58.9 Å². The van der Waals surface area contributed by atoms with Gasteiger partial charge in [0.15, 0.2) is 0 Å². The molecule has 1 aliphatic heterocycles. The predicted octanol–water partition coefficient (Wildman–Crippen LogP) is 4.47. The van der Waals surface area contributed by atoms with Crippen molar-refractivity contribution in [3.8, 4) is 5.75 Å². The molecule has 1 heterocycles. The lowest BCUT2D eigenvalue weighted by Gasteiger charge is -2.42. The highest BCUT2D eigenvalue weighted by Gasteiger charge is 2.36. The molecule has 7 heteroatoms. The van der Waals surface area contributed by atoms with Gasteiger partial charge in [-0.3, -0.25) is 4.79 Å². The van der Waals surface area contributed by atoms with Crippen molar-refractivity contribution < 1.29 is 18.7 Å². The number of ether oxygens (including phenoxy) is 1. The highest BCUT2D eigenvalue weighted by atomic mass is 19.1. The maximum absolute atomic E-state index is 14.2. The van der Waals surface area contributed by atoms with Gasteiger partial charge in [-0.1, -0.05) is 25.3 Å². The molecule has 1 saturated carbocycles. The Bertz CT molecular complexity index is 988. The lowest BCUT2D eigenvalue weighted by Crippen LogP contribution is -2.50. The van der Waals surface area contributed by atoms with Crippen LogP contribution in [0.1, 0.15) is 53.6 Å². The number of nitrogens with zero attached hydrogens (tertiary/aromatic N) is 1. The molecule has 2 aromatic carbocycles. The first kappa shape index (κ1) is 21.2. The van der Waals surface area contributed by atoms with Gasteiger partial charge in [-0.25, -0.2) is 9.18 Å². The first-order chi connectivity index (χ1) is 15.0. The molecule has 0 radical (unpaired) electrons. The molecule has 6 nitrogen and oxygen atoms in total. The van der Waals surface area contributed by atoms with E-state index in [4.69, 9.17) is 10.5 Å². The molecular weight excluding hydrogens is 397 g/mol. The average molecular weight is 426 g/mol. The van der Waals surface area contributed by atoms with Crippen LogP contribution in [0, 0.1) is 11.7 Å². The summed E-state index contributed by atoms with van der Waals surface area (Å²) in [5, 5.41) is 2.81. The number of amides is 3. The number of fused-ring (bicyclic) bond motifs is 1. The van der Waals surface area contributed by atoms with Gasteiger partial charge in [0.1, 0.15) is 11.6 Å². The van der Waals surface area contributed by atoms with Gasteiger partial charge in [0, 0.05) is 18.3 Å². The first-order valence-electron chi connectivity index (χ1n) is 10.8. The third-order valence-electron chi connectivity index (χ3n) is 6.52. The lowest BCUT2D eigenvalue weighted by molar-refractivity contribution is 0.0996. The van der Waals surface area contributed by atoms with E-state index in [-0.39, 0.29) is 17.6 Å². The Morgan fingerprint density at radius 2 is 1.87 bits per heavy atom. The van der Waals surface area contributed by atoms with Crippen molar-refractivity contribution in [2.45, 2.75) is 51.1 Å². The monoisotopic (exact) mass is 425 g/mol. The third kappa shape index (κ3) is 4.50. The van der Waals surface area contributed by atoms with E-state index in [0.717, 1.165) is 36.6 Å². The number of anilines is 1. The second-order valence-electron chi connectivity index (χ2n) is 8.42. The Labute approximate surface area is 181 Å². The minimum Gasteiger partial charge on any atom is -0.497 e. The van der Waals surface area contributed by atoms with Gasteiger partial charge in [-0.2, -0.15) is 0 Å². The topological polar surface area (TPSA) is 84.7 Å². The maximum atomic E-state index is 14.2. The number of hydrogen-bond donors (Lipinski definition) is 2. The normalized spacial score (nSPS) is 18.9. The number of carbonyl (C=O) groups is 2. The van der Waals surface area contributed by atoms with E-state index in [2.05, 4.69) is 11.4 Å². The molecule has 1 fully saturated rings. The highest BCUT2D eigenvalue weighted by Crippen LogP contribution is 2.36. The van der Waals surface area contributed by atoms with Crippen molar-refractivity contribution in [2.24, 2.45) is 11.7 Å². The second kappa shape index (κ2) is 8.96. The Kier molecular flexibility index (Phi) is 6.11. The summed E-state index contributed by atoms with van der Waals surface area (Å²) in [7, 11) is 1.63. The quantitative estimate of drug-likeness (QED) is 0.758. The number of urea groups is 1. The molecule has 0 aromatic heterocycles. The zero-order valence-corrected chi connectivity index (χ0v) is 17.7. The van der Waals surface area contributed by atoms with E-state index < -0.39 is 11.7 Å². The van der Waals surface area contributed by atoms with Gasteiger partial charge in [-0.05, 0) is 66.6 Å². The van der Waals surface area contributed by atoms with Gasteiger partial charge in [0.2, 0.25) is 0 Å². The molecule has 1 atom stereocenters. The molecule has 0 saturated heterocycles. The number of rotatable bonds is 4. The number of halogens is 1. The number of primary amides is 1. The molecule has 4 rings (SSSR count).